The van der Waals surface area contributed by atoms with Gasteiger partial charge in [0.15, 0.2) is 0 Å². The fourth-order valence-corrected chi connectivity index (χ4v) is 3.20. The standard InChI is InChI=1S/C19H22ClN3O3S/c1-19(2,3)22-16(24)12-23(14-8-5-4-7-13(14)20)17(25)11-21-18(26)15-9-6-10-27-15/h4-10H,11-12H2,1-3H3,(H,21,26)(H,22,24). The number of rotatable bonds is 6. The van der Waals surface area contributed by atoms with E-state index in [1.807, 2.05) is 20.8 Å². The van der Waals surface area contributed by atoms with E-state index in [2.05, 4.69) is 10.6 Å². The average molecular weight is 408 g/mol. The summed E-state index contributed by atoms with van der Waals surface area (Å²) in [6, 6.07) is 10.2. The summed E-state index contributed by atoms with van der Waals surface area (Å²) >= 11 is 7.50. The Labute approximate surface area is 167 Å². The van der Waals surface area contributed by atoms with Crippen molar-refractivity contribution in [1.29, 1.82) is 0 Å². The third kappa shape index (κ3) is 6.37. The van der Waals surface area contributed by atoms with E-state index in [0.717, 1.165) is 0 Å². The van der Waals surface area contributed by atoms with E-state index in [4.69, 9.17) is 11.6 Å². The summed E-state index contributed by atoms with van der Waals surface area (Å²) in [6.07, 6.45) is 0. The predicted octanol–water partition coefficient (Wildman–Crippen LogP) is 3.08. The highest BCUT2D eigenvalue weighted by molar-refractivity contribution is 7.12. The van der Waals surface area contributed by atoms with Crippen LogP contribution < -0.4 is 15.5 Å². The largest absolute Gasteiger partial charge is 0.350 e. The van der Waals surface area contributed by atoms with Gasteiger partial charge in [-0.2, -0.15) is 0 Å². The van der Waals surface area contributed by atoms with Crippen molar-refractivity contribution in [3.05, 3.63) is 51.7 Å². The quantitative estimate of drug-likeness (QED) is 0.772. The fourth-order valence-electron chi connectivity index (χ4n) is 2.33. The molecule has 1 aromatic heterocycles. The van der Waals surface area contributed by atoms with Crippen LogP contribution >= 0.6 is 22.9 Å². The minimum absolute atomic E-state index is 0.200. The number of thiophene rings is 1. The molecule has 0 aliphatic heterocycles. The van der Waals surface area contributed by atoms with Crippen molar-refractivity contribution in [2.24, 2.45) is 0 Å². The first-order valence-electron chi connectivity index (χ1n) is 8.35. The number of nitrogens with one attached hydrogen (secondary N) is 2. The highest BCUT2D eigenvalue weighted by Gasteiger charge is 2.24. The van der Waals surface area contributed by atoms with Crippen molar-refractivity contribution in [2.45, 2.75) is 26.3 Å². The smallest absolute Gasteiger partial charge is 0.261 e. The lowest BCUT2D eigenvalue weighted by Gasteiger charge is -2.26. The highest BCUT2D eigenvalue weighted by Crippen LogP contribution is 2.25. The van der Waals surface area contributed by atoms with Gasteiger partial charge in [-0.1, -0.05) is 29.8 Å². The van der Waals surface area contributed by atoms with Gasteiger partial charge in [0.25, 0.3) is 5.91 Å². The van der Waals surface area contributed by atoms with E-state index in [-0.39, 0.29) is 24.9 Å². The molecule has 27 heavy (non-hydrogen) atoms. The van der Waals surface area contributed by atoms with Gasteiger partial charge in [0.1, 0.15) is 6.54 Å². The lowest BCUT2D eigenvalue weighted by Crippen LogP contribution is -2.49. The van der Waals surface area contributed by atoms with Crippen LogP contribution in [0.25, 0.3) is 0 Å². The molecule has 1 heterocycles. The van der Waals surface area contributed by atoms with Gasteiger partial charge in [-0.15, -0.1) is 11.3 Å². The topological polar surface area (TPSA) is 78.5 Å². The third-order valence-corrected chi connectivity index (χ3v) is 4.59. The fraction of sp³-hybridized carbons (Fsp3) is 0.316. The monoisotopic (exact) mass is 407 g/mol. The van der Waals surface area contributed by atoms with Gasteiger partial charge in [0.2, 0.25) is 11.8 Å². The summed E-state index contributed by atoms with van der Waals surface area (Å²) in [6.45, 7) is 5.12. The number of halogens is 1. The molecule has 0 aliphatic carbocycles. The molecule has 0 radical (unpaired) electrons. The van der Waals surface area contributed by atoms with E-state index >= 15 is 0 Å². The molecule has 0 atom stereocenters. The minimum atomic E-state index is -0.433. The van der Waals surface area contributed by atoms with E-state index < -0.39 is 11.4 Å². The van der Waals surface area contributed by atoms with E-state index in [1.54, 1.807) is 41.8 Å². The summed E-state index contributed by atoms with van der Waals surface area (Å²) in [5.41, 5.74) is -0.0155. The number of carbonyl (C=O) groups is 3. The van der Waals surface area contributed by atoms with Gasteiger partial charge in [-0.3, -0.25) is 19.3 Å². The number of hydrogen-bond donors (Lipinski definition) is 2. The van der Waals surface area contributed by atoms with Crippen molar-refractivity contribution in [2.75, 3.05) is 18.0 Å². The van der Waals surface area contributed by atoms with Crippen LogP contribution in [0.3, 0.4) is 0 Å². The highest BCUT2D eigenvalue weighted by atomic mass is 35.5. The Morgan fingerprint density at radius 2 is 1.81 bits per heavy atom. The zero-order valence-electron chi connectivity index (χ0n) is 15.4. The average Bonchev–Trinajstić information content (AvgIpc) is 3.11. The second-order valence-electron chi connectivity index (χ2n) is 6.89. The number of carbonyl (C=O) groups excluding carboxylic acids is 3. The zero-order chi connectivity index (χ0) is 20.0. The maximum absolute atomic E-state index is 12.7. The molecule has 0 saturated carbocycles. The van der Waals surface area contributed by atoms with Gasteiger partial charge in [0, 0.05) is 5.54 Å². The van der Waals surface area contributed by atoms with Gasteiger partial charge < -0.3 is 10.6 Å². The Bertz CT molecular complexity index is 816. The number of anilines is 1. The second-order valence-corrected chi connectivity index (χ2v) is 8.24. The molecule has 0 unspecified atom stereocenters. The van der Waals surface area contributed by atoms with Crippen LogP contribution in [0.2, 0.25) is 5.02 Å². The molecule has 0 aliphatic rings. The van der Waals surface area contributed by atoms with Gasteiger partial charge in [-0.25, -0.2) is 0 Å². The van der Waals surface area contributed by atoms with Crippen LogP contribution in [-0.2, 0) is 9.59 Å². The van der Waals surface area contributed by atoms with Crippen molar-refractivity contribution in [1.82, 2.24) is 10.6 Å². The maximum atomic E-state index is 12.7. The molecule has 8 heteroatoms. The van der Waals surface area contributed by atoms with Crippen molar-refractivity contribution in [3.8, 4) is 0 Å². The summed E-state index contributed by atoms with van der Waals surface area (Å²) < 4.78 is 0. The molecule has 3 amide bonds. The number of benzene rings is 1. The van der Waals surface area contributed by atoms with Gasteiger partial charge in [-0.05, 0) is 44.4 Å². The molecule has 6 nitrogen and oxygen atoms in total. The Balaban J connectivity index is 2.13. The molecular weight excluding hydrogens is 386 g/mol. The lowest BCUT2D eigenvalue weighted by atomic mass is 10.1. The lowest BCUT2D eigenvalue weighted by molar-refractivity contribution is -0.124. The van der Waals surface area contributed by atoms with Gasteiger partial charge >= 0.3 is 0 Å². The molecule has 0 spiro atoms. The van der Waals surface area contributed by atoms with Gasteiger partial charge in [0.05, 0.1) is 22.1 Å². The second kappa shape index (κ2) is 9.01. The first-order chi connectivity index (χ1) is 12.7. The van der Waals surface area contributed by atoms with E-state index in [0.29, 0.717) is 15.6 Å². The number of nitrogens with zero attached hydrogens (tertiary/aromatic N) is 1. The molecule has 2 rings (SSSR count). The number of para-hydroxylation sites is 1. The SMILES string of the molecule is CC(C)(C)NC(=O)CN(C(=O)CNC(=O)c1cccs1)c1ccccc1Cl. The van der Waals surface area contributed by atoms with Crippen LogP contribution in [0.4, 0.5) is 5.69 Å². The maximum Gasteiger partial charge on any atom is 0.261 e. The number of hydrogen-bond acceptors (Lipinski definition) is 4. The van der Waals surface area contributed by atoms with Crippen LogP contribution in [-0.4, -0.2) is 36.3 Å². The molecular formula is C19H22ClN3O3S. The number of amides is 3. The summed E-state index contributed by atoms with van der Waals surface area (Å²) in [4.78, 5) is 39.0. The minimum Gasteiger partial charge on any atom is -0.350 e. The van der Waals surface area contributed by atoms with Crippen LogP contribution in [0.15, 0.2) is 41.8 Å². The van der Waals surface area contributed by atoms with Crippen LogP contribution in [0.5, 0.6) is 0 Å². The first-order valence-corrected chi connectivity index (χ1v) is 9.61. The van der Waals surface area contributed by atoms with Crippen LogP contribution in [0.1, 0.15) is 30.4 Å². The molecule has 0 bridgehead atoms. The molecule has 1 aromatic carbocycles. The van der Waals surface area contributed by atoms with Crippen molar-refractivity contribution >= 4 is 46.3 Å². The Morgan fingerprint density at radius 3 is 2.41 bits per heavy atom. The van der Waals surface area contributed by atoms with Crippen LogP contribution in [0, 0.1) is 0 Å². The van der Waals surface area contributed by atoms with E-state index in [1.165, 1.54) is 16.2 Å². The Kier molecular flexibility index (Phi) is 6.98. The third-order valence-electron chi connectivity index (χ3n) is 3.41. The molecule has 2 N–H and O–H groups in total. The normalized spacial score (nSPS) is 11.0. The van der Waals surface area contributed by atoms with E-state index in [9.17, 15) is 14.4 Å². The summed E-state index contributed by atoms with van der Waals surface area (Å²) in [5, 5.41) is 7.53. The van der Waals surface area contributed by atoms with Crippen molar-refractivity contribution in [3.63, 3.8) is 0 Å². The molecule has 2 aromatic rings. The Morgan fingerprint density at radius 1 is 1.11 bits per heavy atom. The predicted molar refractivity (Wildman–Crippen MR) is 108 cm³/mol. The molecule has 0 fully saturated rings. The molecule has 144 valence electrons. The molecule has 0 saturated heterocycles. The zero-order valence-corrected chi connectivity index (χ0v) is 17.0. The Hall–Kier alpha value is -2.38. The first kappa shape index (κ1) is 20.9. The summed E-state index contributed by atoms with van der Waals surface area (Å²) in [5.74, 6) is -1.09. The van der Waals surface area contributed by atoms with Crippen molar-refractivity contribution < 1.29 is 14.4 Å². The summed E-state index contributed by atoms with van der Waals surface area (Å²) in [7, 11) is 0.